The first-order valence-corrected chi connectivity index (χ1v) is 6.96. The van der Waals surface area contributed by atoms with E-state index in [1.54, 1.807) is 6.07 Å². The second-order valence-electron chi connectivity index (χ2n) is 4.46. The van der Waals surface area contributed by atoms with Crippen LogP contribution in [0.1, 0.15) is 19.2 Å². The van der Waals surface area contributed by atoms with Crippen LogP contribution in [0, 0.1) is 10.1 Å². The molecule has 1 N–H and O–H groups in total. The van der Waals surface area contributed by atoms with Gasteiger partial charge in [0.1, 0.15) is 0 Å². The van der Waals surface area contributed by atoms with E-state index in [0.717, 1.165) is 19.5 Å². The monoisotopic (exact) mass is 310 g/mol. The van der Waals surface area contributed by atoms with Gasteiger partial charge in [0.15, 0.2) is 0 Å². The predicted molar refractivity (Wildman–Crippen MR) is 78.3 cm³/mol. The van der Waals surface area contributed by atoms with Crippen molar-refractivity contribution in [2.24, 2.45) is 0 Å². The first-order chi connectivity index (χ1) is 10.1. The van der Waals surface area contributed by atoms with E-state index in [0.29, 0.717) is 17.9 Å². The maximum absolute atomic E-state index is 10.8. The zero-order valence-electron chi connectivity index (χ0n) is 11.5. The summed E-state index contributed by atoms with van der Waals surface area (Å²) in [7, 11) is 0. The summed E-state index contributed by atoms with van der Waals surface area (Å²) in [4.78, 5) is 10.3. The standard InChI is InChI=1S/C13H15ClN4O3/c1-2-4-15-5-3-12-16-17-13(21-12)9-6-10(14)8-11(7-9)18(19)20/h6-8,15H,2-5H2,1H3. The van der Waals surface area contributed by atoms with Crippen LogP contribution in [0.5, 0.6) is 0 Å². The summed E-state index contributed by atoms with van der Waals surface area (Å²) in [5, 5.41) is 22.1. The molecule has 7 nitrogen and oxygen atoms in total. The smallest absolute Gasteiger partial charge is 0.271 e. The highest BCUT2D eigenvalue weighted by atomic mass is 35.5. The molecule has 0 bridgehead atoms. The van der Waals surface area contributed by atoms with Crippen molar-refractivity contribution in [3.8, 4) is 11.5 Å². The largest absolute Gasteiger partial charge is 0.421 e. The van der Waals surface area contributed by atoms with E-state index in [1.165, 1.54) is 12.1 Å². The topological polar surface area (TPSA) is 94.1 Å². The zero-order chi connectivity index (χ0) is 15.2. The highest BCUT2D eigenvalue weighted by Crippen LogP contribution is 2.27. The molecular weight excluding hydrogens is 296 g/mol. The van der Waals surface area contributed by atoms with Crippen LogP contribution in [0.15, 0.2) is 22.6 Å². The summed E-state index contributed by atoms with van der Waals surface area (Å²) in [5.41, 5.74) is 0.330. The van der Waals surface area contributed by atoms with Gasteiger partial charge in [-0.15, -0.1) is 10.2 Å². The Labute approximate surface area is 126 Å². The third kappa shape index (κ3) is 4.24. The fourth-order valence-electron chi connectivity index (χ4n) is 1.77. The minimum Gasteiger partial charge on any atom is -0.421 e. The van der Waals surface area contributed by atoms with Crippen LogP contribution in [0.25, 0.3) is 11.5 Å². The molecule has 1 aromatic carbocycles. The maximum atomic E-state index is 10.8. The van der Waals surface area contributed by atoms with Gasteiger partial charge < -0.3 is 9.73 Å². The van der Waals surface area contributed by atoms with Crippen LogP contribution in [0.4, 0.5) is 5.69 Å². The van der Waals surface area contributed by atoms with Gasteiger partial charge in [0.05, 0.1) is 4.92 Å². The van der Waals surface area contributed by atoms with Gasteiger partial charge >= 0.3 is 0 Å². The number of rotatable bonds is 7. The van der Waals surface area contributed by atoms with Crippen molar-refractivity contribution in [2.75, 3.05) is 13.1 Å². The van der Waals surface area contributed by atoms with Crippen molar-refractivity contribution in [3.05, 3.63) is 39.2 Å². The van der Waals surface area contributed by atoms with Gasteiger partial charge in [0, 0.05) is 35.7 Å². The minimum absolute atomic E-state index is 0.109. The molecule has 0 fully saturated rings. The lowest BCUT2D eigenvalue weighted by Crippen LogP contribution is -2.17. The third-order valence-electron chi connectivity index (χ3n) is 2.75. The van der Waals surface area contributed by atoms with Crippen LogP contribution in [0.3, 0.4) is 0 Å². The second-order valence-corrected chi connectivity index (χ2v) is 4.89. The number of nitro groups is 1. The van der Waals surface area contributed by atoms with Gasteiger partial charge in [0.25, 0.3) is 5.69 Å². The third-order valence-corrected chi connectivity index (χ3v) is 2.97. The van der Waals surface area contributed by atoms with Crippen LogP contribution < -0.4 is 5.32 Å². The molecule has 0 saturated carbocycles. The normalized spacial score (nSPS) is 10.8. The number of benzene rings is 1. The molecule has 2 aromatic rings. The van der Waals surface area contributed by atoms with Crippen molar-refractivity contribution < 1.29 is 9.34 Å². The molecule has 0 atom stereocenters. The average Bonchev–Trinajstić information content (AvgIpc) is 2.92. The van der Waals surface area contributed by atoms with Gasteiger partial charge in [-0.3, -0.25) is 10.1 Å². The number of non-ortho nitro benzene ring substituents is 1. The van der Waals surface area contributed by atoms with Gasteiger partial charge in [-0.2, -0.15) is 0 Å². The molecular formula is C13H15ClN4O3. The quantitative estimate of drug-likeness (QED) is 0.480. The Hall–Kier alpha value is -1.99. The van der Waals surface area contributed by atoms with Gasteiger partial charge in [-0.05, 0) is 19.0 Å². The number of halogens is 1. The molecule has 0 aliphatic rings. The first-order valence-electron chi connectivity index (χ1n) is 6.58. The van der Waals surface area contributed by atoms with E-state index in [1.807, 2.05) is 0 Å². The summed E-state index contributed by atoms with van der Waals surface area (Å²) < 4.78 is 5.50. The summed E-state index contributed by atoms with van der Waals surface area (Å²) in [6.45, 7) is 3.76. The van der Waals surface area contributed by atoms with Crippen molar-refractivity contribution >= 4 is 17.3 Å². The Balaban J connectivity index is 2.12. The lowest BCUT2D eigenvalue weighted by atomic mass is 10.2. The Morgan fingerprint density at radius 2 is 2.14 bits per heavy atom. The molecule has 0 saturated heterocycles. The highest BCUT2D eigenvalue weighted by molar-refractivity contribution is 6.31. The molecule has 0 radical (unpaired) electrons. The van der Waals surface area contributed by atoms with Gasteiger partial charge in [0.2, 0.25) is 11.8 Å². The first kappa shape index (κ1) is 15.4. The number of hydrogen-bond donors (Lipinski definition) is 1. The Morgan fingerprint density at radius 3 is 2.86 bits per heavy atom. The number of nitro benzene ring substituents is 1. The number of nitrogens with one attached hydrogen (secondary N) is 1. The van der Waals surface area contributed by atoms with E-state index in [9.17, 15) is 10.1 Å². The lowest BCUT2D eigenvalue weighted by Gasteiger charge is -1.99. The fourth-order valence-corrected chi connectivity index (χ4v) is 2.00. The van der Waals surface area contributed by atoms with Crippen LogP contribution >= 0.6 is 11.6 Å². The Morgan fingerprint density at radius 1 is 1.33 bits per heavy atom. The van der Waals surface area contributed by atoms with E-state index >= 15 is 0 Å². The van der Waals surface area contributed by atoms with Crippen LogP contribution in [0.2, 0.25) is 5.02 Å². The van der Waals surface area contributed by atoms with E-state index in [-0.39, 0.29) is 16.6 Å². The second kappa shape index (κ2) is 7.14. The zero-order valence-corrected chi connectivity index (χ0v) is 12.3. The molecule has 112 valence electrons. The van der Waals surface area contributed by atoms with E-state index in [4.69, 9.17) is 16.0 Å². The fraction of sp³-hybridized carbons (Fsp3) is 0.385. The summed E-state index contributed by atoms with van der Waals surface area (Å²) >= 11 is 5.86. The van der Waals surface area contributed by atoms with Crippen LogP contribution in [-0.2, 0) is 6.42 Å². The minimum atomic E-state index is -0.513. The van der Waals surface area contributed by atoms with Gasteiger partial charge in [-0.25, -0.2) is 0 Å². The SMILES string of the molecule is CCCNCCc1nnc(-c2cc(Cl)cc([N+](=O)[O-])c2)o1. The lowest BCUT2D eigenvalue weighted by molar-refractivity contribution is -0.384. The molecule has 0 aliphatic heterocycles. The van der Waals surface area contributed by atoms with Gasteiger partial charge in [-0.1, -0.05) is 18.5 Å². The summed E-state index contributed by atoms with van der Waals surface area (Å²) in [6.07, 6.45) is 1.66. The molecule has 8 heteroatoms. The average molecular weight is 311 g/mol. The maximum Gasteiger partial charge on any atom is 0.271 e. The van der Waals surface area contributed by atoms with E-state index in [2.05, 4.69) is 22.4 Å². The molecule has 1 aromatic heterocycles. The summed E-state index contributed by atoms with van der Waals surface area (Å²) in [5.74, 6) is 0.710. The van der Waals surface area contributed by atoms with Crippen molar-refractivity contribution in [1.82, 2.24) is 15.5 Å². The predicted octanol–water partition coefficient (Wildman–Crippen LogP) is 2.84. The highest BCUT2D eigenvalue weighted by Gasteiger charge is 2.14. The number of nitrogens with zero attached hydrogens (tertiary/aromatic N) is 3. The van der Waals surface area contributed by atoms with Crippen molar-refractivity contribution in [2.45, 2.75) is 19.8 Å². The molecule has 0 amide bonds. The molecule has 21 heavy (non-hydrogen) atoms. The van der Waals surface area contributed by atoms with Crippen molar-refractivity contribution in [3.63, 3.8) is 0 Å². The Bertz CT molecular complexity index is 630. The molecule has 1 heterocycles. The molecule has 0 unspecified atom stereocenters. The molecule has 0 aliphatic carbocycles. The Kier molecular flexibility index (Phi) is 5.24. The van der Waals surface area contributed by atoms with Crippen LogP contribution in [-0.4, -0.2) is 28.2 Å². The van der Waals surface area contributed by atoms with Crippen molar-refractivity contribution in [1.29, 1.82) is 0 Å². The number of hydrogen-bond acceptors (Lipinski definition) is 6. The number of aromatic nitrogens is 2. The van der Waals surface area contributed by atoms with E-state index < -0.39 is 4.92 Å². The molecule has 0 spiro atoms. The summed E-state index contributed by atoms with van der Waals surface area (Å²) in [6, 6.07) is 4.19. The molecule has 2 rings (SSSR count).